The van der Waals surface area contributed by atoms with E-state index in [1.54, 1.807) is 0 Å². The highest BCUT2D eigenvalue weighted by Gasteiger charge is 2.31. The van der Waals surface area contributed by atoms with E-state index in [0.29, 0.717) is 0 Å². The molecular formula is C14H23NO. The molecule has 0 saturated heterocycles. The molecule has 0 saturated carbocycles. The van der Waals surface area contributed by atoms with E-state index in [0.717, 1.165) is 23.4 Å². The van der Waals surface area contributed by atoms with E-state index in [-0.39, 0.29) is 5.60 Å². The summed E-state index contributed by atoms with van der Waals surface area (Å²) in [6.45, 7) is 12.3. The molecule has 0 bridgehead atoms. The van der Waals surface area contributed by atoms with Crippen LogP contribution in [0.3, 0.4) is 0 Å². The van der Waals surface area contributed by atoms with Crippen LogP contribution in [0.2, 0.25) is 0 Å². The molecule has 2 N–H and O–H groups in total. The van der Waals surface area contributed by atoms with Crippen molar-refractivity contribution in [3.8, 4) is 5.75 Å². The van der Waals surface area contributed by atoms with Gasteiger partial charge in [0, 0.05) is 17.7 Å². The van der Waals surface area contributed by atoms with Crippen LogP contribution >= 0.6 is 0 Å². The fourth-order valence-electron chi connectivity index (χ4n) is 2.07. The Bertz CT molecular complexity index is 394. The zero-order chi connectivity index (χ0) is 12.5. The van der Waals surface area contributed by atoms with Gasteiger partial charge < -0.3 is 10.5 Å². The number of anilines is 1. The maximum Gasteiger partial charge on any atom is 0.124 e. The van der Waals surface area contributed by atoms with Gasteiger partial charge in [-0.15, -0.1) is 0 Å². The van der Waals surface area contributed by atoms with Gasteiger partial charge in [-0.3, -0.25) is 0 Å². The van der Waals surface area contributed by atoms with Crippen LogP contribution in [-0.2, 0) is 6.42 Å². The molecule has 1 heterocycles. The predicted molar refractivity (Wildman–Crippen MR) is 70.1 cm³/mol. The number of nitrogen functional groups attached to an aromatic ring is 1. The normalized spacial score (nSPS) is 15.9. The van der Waals surface area contributed by atoms with E-state index in [4.69, 9.17) is 10.5 Å². The molecule has 0 atom stereocenters. The van der Waals surface area contributed by atoms with Crippen molar-refractivity contribution in [2.45, 2.75) is 53.6 Å². The van der Waals surface area contributed by atoms with Gasteiger partial charge in [0.2, 0.25) is 0 Å². The largest absolute Gasteiger partial charge is 0.487 e. The van der Waals surface area contributed by atoms with Gasteiger partial charge in [0.05, 0.1) is 0 Å². The topological polar surface area (TPSA) is 35.2 Å². The van der Waals surface area contributed by atoms with Crippen LogP contribution in [0.25, 0.3) is 0 Å². The molecule has 2 heteroatoms. The van der Waals surface area contributed by atoms with E-state index in [1.807, 2.05) is 26.8 Å². The molecule has 90 valence electrons. The summed E-state index contributed by atoms with van der Waals surface area (Å²) < 4.78 is 5.86. The zero-order valence-corrected chi connectivity index (χ0v) is 11.3. The Balaban J connectivity index is 0.000000606. The lowest BCUT2D eigenvalue weighted by molar-refractivity contribution is 0.138. The van der Waals surface area contributed by atoms with Gasteiger partial charge in [-0.25, -0.2) is 0 Å². The number of hydrogen-bond acceptors (Lipinski definition) is 2. The molecule has 0 radical (unpaired) electrons. The molecule has 16 heavy (non-hydrogen) atoms. The molecule has 1 aliphatic heterocycles. The van der Waals surface area contributed by atoms with Crippen molar-refractivity contribution in [1.82, 2.24) is 0 Å². The first-order chi connectivity index (χ1) is 7.41. The molecule has 1 aliphatic rings. The second-order valence-corrected chi connectivity index (χ2v) is 4.75. The van der Waals surface area contributed by atoms with E-state index >= 15 is 0 Å². The van der Waals surface area contributed by atoms with E-state index < -0.39 is 0 Å². The second kappa shape index (κ2) is 4.36. The molecule has 0 fully saturated rings. The van der Waals surface area contributed by atoms with Crippen LogP contribution in [0.1, 0.15) is 44.4 Å². The third kappa shape index (κ3) is 2.16. The summed E-state index contributed by atoms with van der Waals surface area (Å²) >= 11 is 0. The SMILES string of the molecule is CC.Cc1cc2c(c(C)c1N)CC(C)(C)O2. The molecule has 2 nitrogen and oxygen atoms in total. The Kier molecular flexibility index (Phi) is 3.51. The predicted octanol–water partition coefficient (Wildman–Crippen LogP) is 3.63. The number of fused-ring (bicyclic) bond motifs is 1. The second-order valence-electron chi connectivity index (χ2n) is 4.75. The summed E-state index contributed by atoms with van der Waals surface area (Å²) in [4.78, 5) is 0. The highest BCUT2D eigenvalue weighted by Crippen LogP contribution is 2.40. The van der Waals surface area contributed by atoms with Crippen LogP contribution in [0, 0.1) is 13.8 Å². The van der Waals surface area contributed by atoms with Gasteiger partial charge in [-0.1, -0.05) is 13.8 Å². The van der Waals surface area contributed by atoms with Gasteiger partial charge in [-0.05, 0) is 44.9 Å². The first-order valence-corrected chi connectivity index (χ1v) is 5.98. The molecule has 1 aromatic rings. The number of hydrogen-bond donors (Lipinski definition) is 1. The van der Waals surface area contributed by atoms with Gasteiger partial charge in [0.1, 0.15) is 11.4 Å². The quantitative estimate of drug-likeness (QED) is 0.679. The summed E-state index contributed by atoms with van der Waals surface area (Å²) in [6.07, 6.45) is 0.957. The molecule has 0 spiro atoms. The Morgan fingerprint density at radius 2 is 1.81 bits per heavy atom. The first kappa shape index (κ1) is 12.9. The van der Waals surface area contributed by atoms with E-state index in [2.05, 4.69) is 20.8 Å². The first-order valence-electron chi connectivity index (χ1n) is 5.98. The average molecular weight is 221 g/mol. The maximum absolute atomic E-state index is 5.99. The fourth-order valence-corrected chi connectivity index (χ4v) is 2.07. The summed E-state index contributed by atoms with van der Waals surface area (Å²) in [7, 11) is 0. The van der Waals surface area contributed by atoms with Crippen LogP contribution < -0.4 is 10.5 Å². The van der Waals surface area contributed by atoms with Crippen molar-refractivity contribution in [2.24, 2.45) is 0 Å². The van der Waals surface area contributed by atoms with E-state index in [1.165, 1.54) is 11.1 Å². The molecule has 0 amide bonds. The minimum atomic E-state index is -0.0761. The van der Waals surface area contributed by atoms with E-state index in [9.17, 15) is 0 Å². The third-order valence-corrected chi connectivity index (χ3v) is 2.92. The van der Waals surface area contributed by atoms with Crippen molar-refractivity contribution in [3.63, 3.8) is 0 Å². The Morgan fingerprint density at radius 1 is 1.25 bits per heavy atom. The maximum atomic E-state index is 5.99. The minimum absolute atomic E-state index is 0.0761. The number of ether oxygens (including phenoxy) is 1. The van der Waals surface area contributed by atoms with Crippen LogP contribution in [-0.4, -0.2) is 5.60 Å². The summed E-state index contributed by atoms with van der Waals surface area (Å²) in [5, 5.41) is 0. The lowest BCUT2D eigenvalue weighted by Gasteiger charge is -2.16. The van der Waals surface area contributed by atoms with Crippen molar-refractivity contribution in [3.05, 3.63) is 22.8 Å². The smallest absolute Gasteiger partial charge is 0.124 e. The lowest BCUT2D eigenvalue weighted by atomic mass is 9.95. The molecule has 0 aromatic heterocycles. The standard InChI is InChI=1S/C12H17NO.C2H6/c1-7-5-10-9(8(2)11(7)13)6-12(3,4)14-10;1-2/h5H,6,13H2,1-4H3;1-2H3. The summed E-state index contributed by atoms with van der Waals surface area (Å²) in [6, 6.07) is 2.05. The fraction of sp³-hybridized carbons (Fsp3) is 0.571. The molecule has 0 aliphatic carbocycles. The average Bonchev–Trinajstić information content (AvgIpc) is 2.53. The van der Waals surface area contributed by atoms with Crippen molar-refractivity contribution < 1.29 is 4.74 Å². The lowest BCUT2D eigenvalue weighted by Crippen LogP contribution is -2.24. The highest BCUT2D eigenvalue weighted by atomic mass is 16.5. The Labute approximate surface area is 98.8 Å². The summed E-state index contributed by atoms with van der Waals surface area (Å²) in [5.41, 5.74) is 10.4. The highest BCUT2D eigenvalue weighted by molar-refractivity contribution is 5.62. The number of rotatable bonds is 0. The Hall–Kier alpha value is -1.18. The number of benzene rings is 1. The molecule has 2 rings (SSSR count). The van der Waals surface area contributed by atoms with Crippen molar-refractivity contribution in [2.75, 3.05) is 5.73 Å². The summed E-state index contributed by atoms with van der Waals surface area (Å²) in [5.74, 6) is 1.01. The van der Waals surface area contributed by atoms with Gasteiger partial charge in [0.15, 0.2) is 0 Å². The van der Waals surface area contributed by atoms with Crippen LogP contribution in [0.4, 0.5) is 5.69 Å². The van der Waals surface area contributed by atoms with Crippen LogP contribution in [0.15, 0.2) is 6.07 Å². The molecule has 0 unspecified atom stereocenters. The molecule has 1 aromatic carbocycles. The van der Waals surface area contributed by atoms with Gasteiger partial charge in [0.25, 0.3) is 0 Å². The molecular weight excluding hydrogens is 198 g/mol. The monoisotopic (exact) mass is 221 g/mol. The zero-order valence-electron chi connectivity index (χ0n) is 11.3. The van der Waals surface area contributed by atoms with Crippen LogP contribution in [0.5, 0.6) is 5.75 Å². The Morgan fingerprint density at radius 3 is 2.38 bits per heavy atom. The van der Waals surface area contributed by atoms with Crippen molar-refractivity contribution >= 4 is 5.69 Å². The van der Waals surface area contributed by atoms with Crippen molar-refractivity contribution in [1.29, 1.82) is 0 Å². The van der Waals surface area contributed by atoms with Gasteiger partial charge >= 0.3 is 0 Å². The number of aryl methyl sites for hydroxylation is 1. The van der Waals surface area contributed by atoms with Gasteiger partial charge in [-0.2, -0.15) is 0 Å². The third-order valence-electron chi connectivity index (χ3n) is 2.92. The number of nitrogens with two attached hydrogens (primary N) is 1. The minimum Gasteiger partial charge on any atom is -0.487 e.